The monoisotopic (exact) mass is 194 g/mol. The molecule has 1 aromatic rings. The minimum atomic E-state index is -0.275. The number of methoxy groups -OCH3 is 1. The zero-order valence-corrected chi connectivity index (χ0v) is 9.33. The molecule has 1 rings (SSSR count). The van der Waals surface area contributed by atoms with Gasteiger partial charge in [0.15, 0.2) is 0 Å². The largest absolute Gasteiger partial charge is 0.485 e. The minimum Gasteiger partial charge on any atom is -0.485 e. The van der Waals surface area contributed by atoms with Crippen LogP contribution in [-0.2, 0) is 4.74 Å². The molecule has 0 aliphatic carbocycles. The van der Waals surface area contributed by atoms with E-state index in [0.29, 0.717) is 6.61 Å². The van der Waals surface area contributed by atoms with Gasteiger partial charge in [0.2, 0.25) is 0 Å². The van der Waals surface area contributed by atoms with Crippen LogP contribution in [0.2, 0.25) is 0 Å². The van der Waals surface area contributed by atoms with Crippen molar-refractivity contribution < 1.29 is 9.47 Å². The molecule has 0 fully saturated rings. The third-order valence-electron chi connectivity index (χ3n) is 1.88. The molecule has 0 aliphatic rings. The molecule has 0 N–H and O–H groups in total. The maximum atomic E-state index is 5.80. The van der Waals surface area contributed by atoms with Crippen molar-refractivity contribution in [3.05, 3.63) is 29.8 Å². The van der Waals surface area contributed by atoms with E-state index in [4.69, 9.17) is 9.47 Å². The van der Waals surface area contributed by atoms with E-state index >= 15 is 0 Å². The van der Waals surface area contributed by atoms with Gasteiger partial charge in [0.05, 0.1) is 6.61 Å². The van der Waals surface area contributed by atoms with Crippen LogP contribution < -0.4 is 4.74 Å². The van der Waals surface area contributed by atoms with Crippen molar-refractivity contribution in [3.63, 3.8) is 0 Å². The second-order valence-corrected chi connectivity index (χ2v) is 4.11. The standard InChI is InChI=1S/C12H18O2/c1-10-6-5-7-11(8-10)14-12(2,3)9-13-4/h5-8H,9H2,1-4H3. The quantitative estimate of drug-likeness (QED) is 0.733. The molecule has 0 amide bonds. The maximum absolute atomic E-state index is 5.80. The molecule has 0 heterocycles. The highest BCUT2D eigenvalue weighted by atomic mass is 16.5. The molecule has 0 aliphatic heterocycles. The normalized spacial score (nSPS) is 11.4. The highest BCUT2D eigenvalue weighted by Gasteiger charge is 2.19. The van der Waals surface area contributed by atoms with Gasteiger partial charge in [-0.1, -0.05) is 12.1 Å². The summed E-state index contributed by atoms with van der Waals surface area (Å²) in [4.78, 5) is 0. The second kappa shape index (κ2) is 4.47. The molecular formula is C12H18O2. The summed E-state index contributed by atoms with van der Waals surface area (Å²) in [5, 5.41) is 0. The lowest BCUT2D eigenvalue weighted by Crippen LogP contribution is -2.33. The molecule has 0 aromatic heterocycles. The molecule has 0 spiro atoms. The van der Waals surface area contributed by atoms with E-state index in [2.05, 4.69) is 13.0 Å². The number of benzene rings is 1. The van der Waals surface area contributed by atoms with Crippen LogP contribution in [0.1, 0.15) is 19.4 Å². The van der Waals surface area contributed by atoms with Crippen molar-refractivity contribution in [2.45, 2.75) is 26.4 Å². The van der Waals surface area contributed by atoms with E-state index in [1.807, 2.05) is 32.0 Å². The molecule has 0 saturated heterocycles. The first kappa shape index (κ1) is 11.1. The summed E-state index contributed by atoms with van der Waals surface area (Å²) in [6.07, 6.45) is 0. The average Bonchev–Trinajstić information content (AvgIpc) is 2.02. The minimum absolute atomic E-state index is 0.275. The van der Waals surface area contributed by atoms with Crippen LogP contribution >= 0.6 is 0 Å². The lowest BCUT2D eigenvalue weighted by molar-refractivity contribution is 0.0180. The first-order valence-corrected chi connectivity index (χ1v) is 4.78. The third kappa shape index (κ3) is 3.38. The molecule has 0 atom stereocenters. The molecule has 0 radical (unpaired) electrons. The summed E-state index contributed by atoms with van der Waals surface area (Å²) < 4.78 is 10.9. The number of hydrogen-bond acceptors (Lipinski definition) is 2. The van der Waals surface area contributed by atoms with Crippen LogP contribution in [0.4, 0.5) is 0 Å². The van der Waals surface area contributed by atoms with E-state index in [-0.39, 0.29) is 5.60 Å². The van der Waals surface area contributed by atoms with Crippen LogP contribution in [0.5, 0.6) is 5.75 Å². The Morgan fingerprint density at radius 2 is 2.00 bits per heavy atom. The molecular weight excluding hydrogens is 176 g/mol. The van der Waals surface area contributed by atoms with Gasteiger partial charge >= 0.3 is 0 Å². The predicted molar refractivity (Wildman–Crippen MR) is 57.8 cm³/mol. The van der Waals surface area contributed by atoms with Crippen molar-refractivity contribution in [2.75, 3.05) is 13.7 Å². The fourth-order valence-corrected chi connectivity index (χ4v) is 1.37. The van der Waals surface area contributed by atoms with Gasteiger partial charge in [0, 0.05) is 7.11 Å². The molecule has 2 heteroatoms. The van der Waals surface area contributed by atoms with Crippen LogP contribution in [-0.4, -0.2) is 19.3 Å². The Morgan fingerprint density at radius 1 is 1.29 bits per heavy atom. The van der Waals surface area contributed by atoms with Crippen LogP contribution in [0, 0.1) is 6.92 Å². The van der Waals surface area contributed by atoms with Gasteiger partial charge in [0.1, 0.15) is 11.4 Å². The van der Waals surface area contributed by atoms with E-state index in [9.17, 15) is 0 Å². The molecule has 0 bridgehead atoms. The van der Waals surface area contributed by atoms with Crippen molar-refractivity contribution in [3.8, 4) is 5.75 Å². The Bertz CT molecular complexity index is 292. The zero-order chi connectivity index (χ0) is 10.6. The smallest absolute Gasteiger partial charge is 0.127 e. The fraction of sp³-hybridized carbons (Fsp3) is 0.500. The van der Waals surface area contributed by atoms with Gasteiger partial charge in [-0.3, -0.25) is 0 Å². The van der Waals surface area contributed by atoms with E-state index in [1.165, 1.54) is 5.56 Å². The van der Waals surface area contributed by atoms with E-state index in [1.54, 1.807) is 7.11 Å². The number of aryl methyl sites for hydroxylation is 1. The van der Waals surface area contributed by atoms with Crippen LogP contribution in [0.3, 0.4) is 0 Å². The summed E-state index contributed by atoms with van der Waals surface area (Å²) in [5.74, 6) is 0.895. The van der Waals surface area contributed by atoms with Gasteiger partial charge in [-0.15, -0.1) is 0 Å². The van der Waals surface area contributed by atoms with E-state index in [0.717, 1.165) is 5.75 Å². The third-order valence-corrected chi connectivity index (χ3v) is 1.88. The zero-order valence-electron chi connectivity index (χ0n) is 9.33. The van der Waals surface area contributed by atoms with Crippen molar-refractivity contribution >= 4 is 0 Å². The van der Waals surface area contributed by atoms with Crippen molar-refractivity contribution in [2.24, 2.45) is 0 Å². The molecule has 0 saturated carbocycles. The van der Waals surface area contributed by atoms with Crippen LogP contribution in [0.25, 0.3) is 0 Å². The summed E-state index contributed by atoms with van der Waals surface area (Å²) in [6.45, 7) is 6.66. The highest BCUT2D eigenvalue weighted by Crippen LogP contribution is 2.19. The predicted octanol–water partition coefficient (Wildman–Crippen LogP) is 2.80. The summed E-state index contributed by atoms with van der Waals surface area (Å²) in [5.41, 5.74) is 0.929. The van der Waals surface area contributed by atoms with Gasteiger partial charge in [-0.05, 0) is 38.5 Å². The van der Waals surface area contributed by atoms with Gasteiger partial charge < -0.3 is 9.47 Å². The van der Waals surface area contributed by atoms with Crippen molar-refractivity contribution in [1.29, 1.82) is 0 Å². The first-order chi connectivity index (χ1) is 6.53. The van der Waals surface area contributed by atoms with Gasteiger partial charge in [-0.25, -0.2) is 0 Å². The lowest BCUT2D eigenvalue weighted by atomic mass is 10.1. The highest BCUT2D eigenvalue weighted by molar-refractivity contribution is 5.27. The number of hydrogen-bond donors (Lipinski definition) is 0. The first-order valence-electron chi connectivity index (χ1n) is 4.78. The molecule has 14 heavy (non-hydrogen) atoms. The number of ether oxygens (including phenoxy) is 2. The summed E-state index contributed by atoms with van der Waals surface area (Å²) in [7, 11) is 1.68. The van der Waals surface area contributed by atoms with Crippen LogP contribution in [0.15, 0.2) is 24.3 Å². The number of rotatable bonds is 4. The second-order valence-electron chi connectivity index (χ2n) is 4.11. The van der Waals surface area contributed by atoms with Crippen molar-refractivity contribution in [1.82, 2.24) is 0 Å². The lowest BCUT2D eigenvalue weighted by Gasteiger charge is -2.25. The Hall–Kier alpha value is -1.02. The Morgan fingerprint density at radius 3 is 2.57 bits per heavy atom. The summed E-state index contributed by atoms with van der Waals surface area (Å²) in [6, 6.07) is 8.03. The molecule has 78 valence electrons. The Balaban J connectivity index is 2.68. The fourth-order valence-electron chi connectivity index (χ4n) is 1.37. The topological polar surface area (TPSA) is 18.5 Å². The Labute approximate surface area is 85.8 Å². The van der Waals surface area contributed by atoms with E-state index < -0.39 is 0 Å². The molecule has 0 unspecified atom stereocenters. The maximum Gasteiger partial charge on any atom is 0.127 e. The van der Waals surface area contributed by atoms with Gasteiger partial charge in [0.25, 0.3) is 0 Å². The molecule has 2 nitrogen and oxygen atoms in total. The summed E-state index contributed by atoms with van der Waals surface area (Å²) >= 11 is 0. The molecule has 1 aromatic carbocycles. The van der Waals surface area contributed by atoms with Gasteiger partial charge in [-0.2, -0.15) is 0 Å². The SMILES string of the molecule is COCC(C)(C)Oc1cccc(C)c1. The average molecular weight is 194 g/mol. The Kier molecular flexibility index (Phi) is 3.53.